The zero-order valence-corrected chi connectivity index (χ0v) is 17.5. The molecule has 148 valence electrons. The van der Waals surface area contributed by atoms with E-state index >= 15 is 0 Å². The Morgan fingerprint density at radius 2 is 1.86 bits per heavy atom. The number of carbonyl (C=O) groups excluding carboxylic acids is 1. The number of piperidine rings is 1. The molecule has 2 aliphatic heterocycles. The predicted molar refractivity (Wildman–Crippen MR) is 114 cm³/mol. The van der Waals surface area contributed by atoms with E-state index in [1.54, 1.807) is 11.8 Å². The van der Waals surface area contributed by atoms with Gasteiger partial charge in [0.05, 0.1) is 0 Å². The van der Waals surface area contributed by atoms with Crippen LogP contribution in [0.2, 0.25) is 0 Å². The third-order valence-electron chi connectivity index (χ3n) is 5.70. The Hall–Kier alpha value is -2.21. The van der Waals surface area contributed by atoms with Gasteiger partial charge in [-0.2, -0.15) is 0 Å². The number of likely N-dealkylation sites (tertiary alicyclic amines) is 1. The van der Waals surface area contributed by atoms with Crippen molar-refractivity contribution in [2.45, 2.75) is 43.7 Å². The van der Waals surface area contributed by atoms with Crippen molar-refractivity contribution in [2.24, 2.45) is 5.92 Å². The van der Waals surface area contributed by atoms with E-state index in [4.69, 9.17) is 0 Å². The van der Waals surface area contributed by atoms with Crippen LogP contribution in [0, 0.1) is 5.92 Å². The van der Waals surface area contributed by atoms with Gasteiger partial charge in [0.25, 0.3) is 5.56 Å². The third-order valence-corrected chi connectivity index (χ3v) is 6.45. The summed E-state index contributed by atoms with van der Waals surface area (Å²) < 4.78 is 1.95. The van der Waals surface area contributed by atoms with Gasteiger partial charge in [-0.25, -0.2) is 4.79 Å². The molecule has 1 N–H and O–H groups in total. The minimum Gasteiger partial charge on any atom is -0.336 e. The molecule has 28 heavy (non-hydrogen) atoms. The summed E-state index contributed by atoms with van der Waals surface area (Å²) in [6.07, 6.45) is 3.10. The van der Waals surface area contributed by atoms with Crippen LogP contribution in [0.4, 0.5) is 4.79 Å². The van der Waals surface area contributed by atoms with Gasteiger partial charge in [0, 0.05) is 47.7 Å². The molecule has 2 aromatic rings. The van der Waals surface area contributed by atoms with E-state index in [1.807, 2.05) is 47.8 Å². The van der Waals surface area contributed by atoms with Crippen LogP contribution < -0.4 is 10.9 Å². The maximum absolute atomic E-state index is 13.2. The summed E-state index contributed by atoms with van der Waals surface area (Å²) >= 11 is 1.70. The SMILES string of the molecule is CSc1ccc(-c2ccc3n(c2=O)C[C@@H]2C[C@@H]3CN(C(=O)NC(C)C)C2)cc1. The van der Waals surface area contributed by atoms with E-state index in [-0.39, 0.29) is 23.6 Å². The van der Waals surface area contributed by atoms with Gasteiger partial charge in [-0.05, 0) is 62.3 Å². The van der Waals surface area contributed by atoms with Crippen LogP contribution in [0.1, 0.15) is 31.9 Å². The lowest BCUT2D eigenvalue weighted by molar-refractivity contribution is 0.130. The molecule has 0 unspecified atom stereocenters. The lowest BCUT2D eigenvalue weighted by Gasteiger charge is -2.43. The molecule has 1 fully saturated rings. The first kappa shape index (κ1) is 19.1. The van der Waals surface area contributed by atoms with Crippen molar-refractivity contribution < 1.29 is 4.79 Å². The second-order valence-electron chi connectivity index (χ2n) is 8.12. The number of nitrogens with one attached hydrogen (secondary N) is 1. The predicted octanol–water partition coefficient (Wildman–Crippen LogP) is 3.77. The molecule has 0 aliphatic carbocycles. The first-order valence-corrected chi connectivity index (χ1v) is 11.1. The topological polar surface area (TPSA) is 54.3 Å². The van der Waals surface area contributed by atoms with Crippen molar-refractivity contribution in [3.05, 3.63) is 52.4 Å². The Labute approximate surface area is 170 Å². The van der Waals surface area contributed by atoms with E-state index in [9.17, 15) is 9.59 Å². The Balaban J connectivity index is 1.63. The summed E-state index contributed by atoms with van der Waals surface area (Å²) in [5.74, 6) is 0.557. The van der Waals surface area contributed by atoms with Crippen LogP contribution in [0.25, 0.3) is 11.1 Å². The molecule has 5 nitrogen and oxygen atoms in total. The number of fused-ring (bicyclic) bond motifs is 4. The highest BCUT2D eigenvalue weighted by atomic mass is 32.2. The van der Waals surface area contributed by atoms with Crippen LogP contribution in [0.15, 0.2) is 46.1 Å². The van der Waals surface area contributed by atoms with Gasteiger partial charge in [-0.1, -0.05) is 12.1 Å². The summed E-state index contributed by atoms with van der Waals surface area (Å²) in [5.41, 5.74) is 2.87. The average Bonchev–Trinajstić information content (AvgIpc) is 2.68. The van der Waals surface area contributed by atoms with E-state index in [0.29, 0.717) is 25.6 Å². The molecule has 2 bridgehead atoms. The van der Waals surface area contributed by atoms with Gasteiger partial charge in [-0.3, -0.25) is 4.79 Å². The van der Waals surface area contributed by atoms with Gasteiger partial charge in [0.15, 0.2) is 0 Å². The van der Waals surface area contributed by atoms with Gasteiger partial charge in [0.1, 0.15) is 0 Å². The van der Waals surface area contributed by atoms with E-state index in [0.717, 1.165) is 23.2 Å². The average molecular weight is 398 g/mol. The molecule has 2 amide bonds. The summed E-state index contributed by atoms with van der Waals surface area (Å²) in [6.45, 7) is 6.03. The van der Waals surface area contributed by atoms with Crippen molar-refractivity contribution in [2.75, 3.05) is 19.3 Å². The molecule has 2 atom stereocenters. The second kappa shape index (κ2) is 7.66. The lowest BCUT2D eigenvalue weighted by Crippen LogP contribution is -2.52. The standard InChI is InChI=1S/C22H27N3O2S/c1-14(2)23-22(27)24-11-15-10-17(13-24)20-9-8-19(21(26)25(20)12-15)16-4-6-18(28-3)7-5-16/h4-9,14-15,17H,10-13H2,1-3H3,(H,23,27)/t15-,17-/m1/s1. The Kier molecular flexibility index (Phi) is 5.23. The highest BCUT2D eigenvalue weighted by Crippen LogP contribution is 2.36. The molecule has 0 spiro atoms. The third kappa shape index (κ3) is 3.58. The number of amides is 2. The molecule has 6 heteroatoms. The number of pyridine rings is 1. The number of thioether (sulfide) groups is 1. The van der Waals surface area contributed by atoms with Crippen molar-refractivity contribution in [1.29, 1.82) is 0 Å². The number of carbonyl (C=O) groups is 1. The molecule has 1 aromatic heterocycles. The molecule has 0 radical (unpaired) electrons. The van der Waals surface area contributed by atoms with Crippen molar-refractivity contribution in [3.8, 4) is 11.1 Å². The zero-order chi connectivity index (χ0) is 19.8. The molecule has 3 heterocycles. The van der Waals surface area contributed by atoms with Crippen molar-refractivity contribution in [3.63, 3.8) is 0 Å². The zero-order valence-electron chi connectivity index (χ0n) is 16.6. The first-order chi connectivity index (χ1) is 13.5. The van der Waals surface area contributed by atoms with E-state index in [2.05, 4.69) is 23.5 Å². The smallest absolute Gasteiger partial charge is 0.317 e. The van der Waals surface area contributed by atoms with E-state index < -0.39 is 0 Å². The number of aromatic nitrogens is 1. The number of benzene rings is 1. The van der Waals surface area contributed by atoms with Crippen molar-refractivity contribution in [1.82, 2.24) is 14.8 Å². The summed E-state index contributed by atoms with van der Waals surface area (Å²) in [4.78, 5) is 28.8. The molecular weight excluding hydrogens is 370 g/mol. The van der Waals surface area contributed by atoms with Crippen LogP contribution in [0.3, 0.4) is 0 Å². The normalized spacial score (nSPS) is 20.8. The largest absolute Gasteiger partial charge is 0.336 e. The monoisotopic (exact) mass is 397 g/mol. The molecule has 4 rings (SSSR count). The fraction of sp³-hybridized carbons (Fsp3) is 0.455. The van der Waals surface area contributed by atoms with E-state index in [1.165, 1.54) is 4.90 Å². The number of urea groups is 1. The fourth-order valence-corrected chi connectivity index (χ4v) is 4.85. The number of hydrogen-bond donors (Lipinski definition) is 1. The van der Waals surface area contributed by atoms with Crippen LogP contribution >= 0.6 is 11.8 Å². The Bertz CT molecular complexity index is 936. The number of rotatable bonds is 3. The van der Waals surface area contributed by atoms with Gasteiger partial charge < -0.3 is 14.8 Å². The molecular formula is C22H27N3O2S. The molecule has 0 saturated carbocycles. The summed E-state index contributed by atoms with van der Waals surface area (Å²) in [5, 5.41) is 2.99. The van der Waals surface area contributed by atoms with Crippen LogP contribution in [0.5, 0.6) is 0 Å². The van der Waals surface area contributed by atoms with Gasteiger partial charge in [0.2, 0.25) is 0 Å². The second-order valence-corrected chi connectivity index (χ2v) is 9.00. The summed E-state index contributed by atoms with van der Waals surface area (Å²) in [7, 11) is 0. The minimum atomic E-state index is 0.00556. The summed E-state index contributed by atoms with van der Waals surface area (Å²) in [6, 6.07) is 12.3. The molecule has 2 aliphatic rings. The maximum atomic E-state index is 13.2. The first-order valence-electron chi connectivity index (χ1n) is 9.90. The highest BCUT2D eigenvalue weighted by molar-refractivity contribution is 7.98. The Morgan fingerprint density at radius 3 is 2.54 bits per heavy atom. The Morgan fingerprint density at radius 1 is 1.11 bits per heavy atom. The maximum Gasteiger partial charge on any atom is 0.317 e. The number of nitrogens with zero attached hydrogens (tertiary/aromatic N) is 2. The highest BCUT2D eigenvalue weighted by Gasteiger charge is 2.36. The minimum absolute atomic E-state index is 0.00556. The number of hydrogen-bond acceptors (Lipinski definition) is 3. The van der Waals surface area contributed by atoms with Gasteiger partial charge in [-0.15, -0.1) is 11.8 Å². The lowest BCUT2D eigenvalue weighted by atomic mass is 9.83. The molecule has 1 aromatic carbocycles. The quantitative estimate of drug-likeness (QED) is 0.802. The van der Waals surface area contributed by atoms with Crippen LogP contribution in [-0.4, -0.2) is 40.9 Å². The molecule has 1 saturated heterocycles. The van der Waals surface area contributed by atoms with Crippen molar-refractivity contribution >= 4 is 17.8 Å². The fourth-order valence-electron chi connectivity index (χ4n) is 4.44. The van der Waals surface area contributed by atoms with Crippen LogP contribution in [-0.2, 0) is 6.54 Å². The van der Waals surface area contributed by atoms with Gasteiger partial charge >= 0.3 is 6.03 Å².